The Balaban J connectivity index is 1.07. The summed E-state index contributed by atoms with van der Waals surface area (Å²) in [6, 6.07) is 29.5. The summed E-state index contributed by atoms with van der Waals surface area (Å²) in [5.41, 5.74) is 3.54. The van der Waals surface area contributed by atoms with Crippen molar-refractivity contribution in [1.29, 1.82) is 0 Å². The summed E-state index contributed by atoms with van der Waals surface area (Å²) >= 11 is 0. The van der Waals surface area contributed by atoms with E-state index in [9.17, 15) is 9.59 Å². The average molecular weight is 609 g/mol. The zero-order chi connectivity index (χ0) is 31.7. The molecule has 0 N–H and O–H groups in total. The third-order valence-corrected chi connectivity index (χ3v) is 7.41. The van der Waals surface area contributed by atoms with E-state index in [-0.39, 0.29) is 11.9 Å². The maximum atomic E-state index is 12.5. The summed E-state index contributed by atoms with van der Waals surface area (Å²) in [6.07, 6.45) is 9.35. The van der Waals surface area contributed by atoms with Gasteiger partial charge in [0, 0.05) is 0 Å². The first-order valence-corrected chi connectivity index (χ1v) is 16.1. The largest absolute Gasteiger partial charge is 0.494 e. The van der Waals surface area contributed by atoms with Crippen molar-refractivity contribution in [3.8, 4) is 23.0 Å². The molecule has 6 nitrogen and oxygen atoms in total. The first-order valence-electron chi connectivity index (χ1n) is 16.1. The Kier molecular flexibility index (Phi) is 13.5. The summed E-state index contributed by atoms with van der Waals surface area (Å²) in [7, 11) is 0. The fourth-order valence-corrected chi connectivity index (χ4v) is 4.68. The second kappa shape index (κ2) is 18.3. The van der Waals surface area contributed by atoms with E-state index in [0.29, 0.717) is 35.8 Å². The smallest absolute Gasteiger partial charge is 0.343 e. The van der Waals surface area contributed by atoms with Crippen LogP contribution in [0.1, 0.15) is 90.6 Å². The second-order valence-corrected chi connectivity index (χ2v) is 11.1. The molecule has 0 saturated heterocycles. The third-order valence-electron chi connectivity index (χ3n) is 7.41. The van der Waals surface area contributed by atoms with Gasteiger partial charge in [-0.15, -0.1) is 0 Å². The fourth-order valence-electron chi connectivity index (χ4n) is 4.68. The third kappa shape index (κ3) is 11.5. The van der Waals surface area contributed by atoms with Crippen molar-refractivity contribution in [3.05, 3.63) is 119 Å². The maximum Gasteiger partial charge on any atom is 0.343 e. The number of carbonyl (C=O) groups is 2. The van der Waals surface area contributed by atoms with Gasteiger partial charge in [0.15, 0.2) is 0 Å². The fraction of sp³-hybridized carbons (Fsp3) is 0.333. The van der Waals surface area contributed by atoms with E-state index in [1.807, 2.05) is 72.8 Å². The Morgan fingerprint density at radius 1 is 0.444 bits per heavy atom. The Morgan fingerprint density at radius 3 is 1.16 bits per heavy atom. The van der Waals surface area contributed by atoms with Crippen LogP contribution in [0.4, 0.5) is 0 Å². The number of carbonyl (C=O) groups excluding carboxylic acids is 2. The van der Waals surface area contributed by atoms with Crippen LogP contribution >= 0.6 is 0 Å². The van der Waals surface area contributed by atoms with Gasteiger partial charge >= 0.3 is 11.9 Å². The molecular weight excluding hydrogens is 564 g/mol. The van der Waals surface area contributed by atoms with Crippen LogP contribution in [0.15, 0.2) is 97.1 Å². The summed E-state index contributed by atoms with van der Waals surface area (Å²) in [5, 5.41) is 0. The molecule has 0 unspecified atom stereocenters. The summed E-state index contributed by atoms with van der Waals surface area (Å²) in [4.78, 5) is 24.9. The van der Waals surface area contributed by atoms with Gasteiger partial charge in [-0.25, -0.2) is 9.59 Å². The van der Waals surface area contributed by atoms with Gasteiger partial charge in [0.2, 0.25) is 0 Å². The Bertz CT molecular complexity index is 1330. The van der Waals surface area contributed by atoms with Crippen LogP contribution in [0, 0.1) is 0 Å². The Hall–Kier alpha value is -4.58. The van der Waals surface area contributed by atoms with E-state index in [4.69, 9.17) is 18.9 Å². The van der Waals surface area contributed by atoms with Gasteiger partial charge in [-0.2, -0.15) is 0 Å². The van der Waals surface area contributed by atoms with Crippen molar-refractivity contribution in [2.45, 2.75) is 71.6 Å². The second-order valence-electron chi connectivity index (χ2n) is 11.1. The monoisotopic (exact) mass is 608 g/mol. The molecule has 0 amide bonds. The molecule has 4 aromatic rings. The molecular formula is C39H44O6. The lowest BCUT2D eigenvalue weighted by Crippen LogP contribution is -2.08. The van der Waals surface area contributed by atoms with Gasteiger partial charge < -0.3 is 18.9 Å². The van der Waals surface area contributed by atoms with Crippen LogP contribution < -0.4 is 18.9 Å². The lowest BCUT2D eigenvalue weighted by molar-refractivity contribution is 0.0725. The van der Waals surface area contributed by atoms with Crippen LogP contribution in [-0.4, -0.2) is 25.2 Å². The highest BCUT2D eigenvalue weighted by Gasteiger charge is 2.10. The number of hydrogen-bond donors (Lipinski definition) is 0. The quantitative estimate of drug-likeness (QED) is 0.0637. The van der Waals surface area contributed by atoms with E-state index >= 15 is 0 Å². The van der Waals surface area contributed by atoms with E-state index in [1.54, 1.807) is 24.3 Å². The summed E-state index contributed by atoms with van der Waals surface area (Å²) in [6.45, 7) is 5.51. The average Bonchev–Trinajstić information content (AvgIpc) is 3.07. The summed E-state index contributed by atoms with van der Waals surface area (Å²) < 4.78 is 22.7. The predicted molar refractivity (Wildman–Crippen MR) is 178 cm³/mol. The highest BCUT2D eigenvalue weighted by Crippen LogP contribution is 2.21. The van der Waals surface area contributed by atoms with Crippen LogP contribution in [0.2, 0.25) is 0 Å². The standard InChI is InChI=1S/C39H44O6/c1-3-5-10-30-12-16-32(17-13-30)38(40)44-36-24-20-34(21-25-36)42-28-8-7-9-29-43-35-22-26-37(27-23-35)45-39(41)33-18-14-31(15-19-33)11-6-4-2/h12-27H,3-11,28-29H2,1-2H3. The molecule has 0 bridgehead atoms. The molecule has 236 valence electrons. The molecule has 0 fully saturated rings. The lowest BCUT2D eigenvalue weighted by Gasteiger charge is -2.09. The van der Waals surface area contributed by atoms with Crippen LogP contribution in [-0.2, 0) is 12.8 Å². The van der Waals surface area contributed by atoms with Crippen LogP contribution in [0.3, 0.4) is 0 Å². The molecule has 4 rings (SSSR count). The molecule has 0 saturated carbocycles. The maximum absolute atomic E-state index is 12.5. The van der Waals surface area contributed by atoms with Gasteiger partial charge in [0.25, 0.3) is 0 Å². The molecule has 0 atom stereocenters. The molecule has 0 aliphatic heterocycles. The van der Waals surface area contributed by atoms with E-state index in [2.05, 4.69) is 13.8 Å². The number of ether oxygens (including phenoxy) is 4. The molecule has 0 aliphatic carbocycles. The molecule has 0 radical (unpaired) electrons. The normalized spacial score (nSPS) is 10.7. The molecule has 0 spiro atoms. The van der Waals surface area contributed by atoms with Crippen molar-refractivity contribution in [3.63, 3.8) is 0 Å². The van der Waals surface area contributed by atoms with Gasteiger partial charge in [0.05, 0.1) is 24.3 Å². The van der Waals surface area contributed by atoms with E-state index < -0.39 is 0 Å². The van der Waals surface area contributed by atoms with E-state index in [0.717, 1.165) is 69.3 Å². The zero-order valence-electron chi connectivity index (χ0n) is 26.5. The minimum atomic E-state index is -0.369. The predicted octanol–water partition coefficient (Wildman–Crippen LogP) is 9.44. The van der Waals surface area contributed by atoms with Crippen molar-refractivity contribution < 1.29 is 28.5 Å². The first kappa shape index (κ1) is 33.3. The molecule has 45 heavy (non-hydrogen) atoms. The molecule has 0 aromatic heterocycles. The molecule has 4 aromatic carbocycles. The van der Waals surface area contributed by atoms with Gasteiger partial charge in [0.1, 0.15) is 23.0 Å². The number of unbranched alkanes of at least 4 members (excludes halogenated alkanes) is 4. The van der Waals surface area contributed by atoms with Crippen molar-refractivity contribution in [2.24, 2.45) is 0 Å². The number of esters is 2. The Morgan fingerprint density at radius 2 is 0.800 bits per heavy atom. The highest BCUT2D eigenvalue weighted by atomic mass is 16.5. The minimum Gasteiger partial charge on any atom is -0.494 e. The molecule has 0 aliphatic rings. The minimum absolute atomic E-state index is 0.369. The zero-order valence-corrected chi connectivity index (χ0v) is 26.5. The number of benzene rings is 4. The number of aryl methyl sites for hydroxylation is 2. The first-order chi connectivity index (χ1) is 22.0. The molecule has 0 heterocycles. The summed E-state index contributed by atoms with van der Waals surface area (Å²) in [5.74, 6) is 1.70. The van der Waals surface area contributed by atoms with Gasteiger partial charge in [-0.3, -0.25) is 0 Å². The number of hydrogen-bond acceptors (Lipinski definition) is 6. The van der Waals surface area contributed by atoms with Crippen LogP contribution in [0.25, 0.3) is 0 Å². The van der Waals surface area contributed by atoms with Crippen LogP contribution in [0.5, 0.6) is 23.0 Å². The topological polar surface area (TPSA) is 71.1 Å². The SMILES string of the molecule is CCCCc1ccc(C(=O)Oc2ccc(OCCCCCOc3ccc(OC(=O)c4ccc(CCCC)cc4)cc3)cc2)cc1. The highest BCUT2D eigenvalue weighted by molar-refractivity contribution is 5.91. The van der Waals surface area contributed by atoms with Gasteiger partial charge in [-0.1, -0.05) is 51.0 Å². The van der Waals surface area contributed by atoms with Crippen molar-refractivity contribution in [2.75, 3.05) is 13.2 Å². The Labute approximate surface area is 267 Å². The van der Waals surface area contributed by atoms with E-state index in [1.165, 1.54) is 11.1 Å². The van der Waals surface area contributed by atoms with Crippen molar-refractivity contribution >= 4 is 11.9 Å². The van der Waals surface area contributed by atoms with Crippen molar-refractivity contribution in [1.82, 2.24) is 0 Å². The molecule has 6 heteroatoms. The number of rotatable bonds is 18. The van der Waals surface area contributed by atoms with Gasteiger partial charge in [-0.05, 0) is 129 Å². The lowest BCUT2D eigenvalue weighted by atomic mass is 10.1.